The van der Waals surface area contributed by atoms with E-state index in [0.29, 0.717) is 17.2 Å². The number of carbonyl (C=O) groups is 2. The Bertz CT molecular complexity index is 752. The summed E-state index contributed by atoms with van der Waals surface area (Å²) in [6.45, 7) is 4.40. The predicted molar refractivity (Wildman–Crippen MR) is 95.5 cm³/mol. The van der Waals surface area contributed by atoms with Crippen molar-refractivity contribution in [3.63, 3.8) is 0 Å². The van der Waals surface area contributed by atoms with Crippen LogP contribution in [-0.2, 0) is 9.53 Å². The fourth-order valence-electron chi connectivity index (χ4n) is 5.08. The number of ether oxygens (including phenoxy) is 1. The van der Waals surface area contributed by atoms with Crippen LogP contribution in [0.15, 0.2) is 18.2 Å². The number of nitrogens with one attached hydrogen (secondary N) is 2. The van der Waals surface area contributed by atoms with Crippen LogP contribution in [0.4, 0.5) is 5.69 Å². The molecule has 2 bridgehead atoms. The van der Waals surface area contributed by atoms with Gasteiger partial charge in [0, 0.05) is 16.6 Å². The Morgan fingerprint density at radius 3 is 2.92 bits per heavy atom. The van der Waals surface area contributed by atoms with Gasteiger partial charge in [-0.3, -0.25) is 9.59 Å². The lowest BCUT2D eigenvalue weighted by Crippen LogP contribution is -2.69. The third-order valence-corrected chi connectivity index (χ3v) is 6.53. The number of benzene rings is 1. The molecule has 1 amide bonds. The van der Waals surface area contributed by atoms with Crippen LogP contribution in [-0.4, -0.2) is 24.1 Å². The van der Waals surface area contributed by atoms with Crippen LogP contribution in [0.1, 0.15) is 49.9 Å². The van der Waals surface area contributed by atoms with Gasteiger partial charge in [0.15, 0.2) is 0 Å². The van der Waals surface area contributed by atoms with Crippen LogP contribution < -0.4 is 10.6 Å². The number of carbonyl (C=O) groups excluding carboxylic acids is 2. The van der Waals surface area contributed by atoms with E-state index in [9.17, 15) is 9.59 Å². The van der Waals surface area contributed by atoms with E-state index in [1.165, 1.54) is 0 Å². The van der Waals surface area contributed by atoms with Gasteiger partial charge in [-0.2, -0.15) is 0 Å². The molecule has 1 heterocycles. The van der Waals surface area contributed by atoms with Crippen molar-refractivity contribution in [3.05, 3.63) is 28.8 Å². The quantitative estimate of drug-likeness (QED) is 0.789. The maximum Gasteiger partial charge on any atom is 0.309 e. The molecule has 1 aliphatic heterocycles. The number of fused-ring (bicyclic) bond motifs is 3. The molecule has 1 spiro atoms. The molecular weight excluding hydrogens is 340 g/mol. The molecule has 1 aromatic rings. The van der Waals surface area contributed by atoms with Crippen LogP contribution in [0.3, 0.4) is 0 Å². The number of amides is 1. The van der Waals surface area contributed by atoms with Crippen LogP contribution in [0.5, 0.6) is 0 Å². The van der Waals surface area contributed by atoms with Gasteiger partial charge in [0.2, 0.25) is 0 Å². The number of halogens is 1. The Kier molecular flexibility index (Phi) is 3.76. The van der Waals surface area contributed by atoms with E-state index in [1.54, 1.807) is 12.1 Å². The highest BCUT2D eigenvalue weighted by Gasteiger charge is 2.60. The Balaban J connectivity index is 1.66. The molecule has 0 unspecified atom stereocenters. The molecule has 2 N–H and O–H groups in total. The van der Waals surface area contributed by atoms with Crippen LogP contribution in [0.2, 0.25) is 5.02 Å². The lowest BCUT2D eigenvalue weighted by Gasteiger charge is -2.60. The zero-order valence-corrected chi connectivity index (χ0v) is 15.3. The van der Waals surface area contributed by atoms with E-state index in [4.69, 9.17) is 16.3 Å². The highest BCUT2D eigenvalue weighted by atomic mass is 35.5. The van der Waals surface area contributed by atoms with Gasteiger partial charge in [-0.15, -0.1) is 0 Å². The van der Waals surface area contributed by atoms with Gasteiger partial charge in [-0.25, -0.2) is 0 Å². The van der Waals surface area contributed by atoms with Crippen LogP contribution >= 0.6 is 11.6 Å². The maximum atomic E-state index is 12.7. The zero-order chi connectivity index (χ0) is 17.8. The molecule has 5 rings (SSSR count). The van der Waals surface area contributed by atoms with E-state index < -0.39 is 5.66 Å². The van der Waals surface area contributed by atoms with Crippen molar-refractivity contribution >= 4 is 29.2 Å². The summed E-state index contributed by atoms with van der Waals surface area (Å²) in [5.74, 6) is -0.0856. The van der Waals surface area contributed by atoms with Crippen LogP contribution in [0.25, 0.3) is 0 Å². The third-order valence-electron chi connectivity index (χ3n) is 6.30. The highest BCUT2D eigenvalue weighted by Crippen LogP contribution is 2.58. The Hall–Kier alpha value is -1.75. The molecule has 5 nitrogen and oxygen atoms in total. The van der Waals surface area contributed by atoms with Gasteiger partial charge in [-0.05, 0) is 56.2 Å². The number of hydrogen-bond acceptors (Lipinski definition) is 4. The summed E-state index contributed by atoms with van der Waals surface area (Å²) in [6.07, 6.45) is 3.43. The van der Waals surface area contributed by atoms with E-state index in [1.807, 2.05) is 13.0 Å². The fraction of sp³-hybridized carbons (Fsp3) is 0.579. The average Bonchev–Trinajstić information content (AvgIpc) is 2.55. The van der Waals surface area contributed by atoms with Gasteiger partial charge >= 0.3 is 5.97 Å². The first kappa shape index (κ1) is 16.7. The largest absolute Gasteiger partial charge is 0.466 e. The van der Waals surface area contributed by atoms with Gasteiger partial charge in [0.1, 0.15) is 5.66 Å². The van der Waals surface area contributed by atoms with Crippen molar-refractivity contribution in [2.24, 2.45) is 17.3 Å². The summed E-state index contributed by atoms with van der Waals surface area (Å²) < 4.78 is 5.30. The number of esters is 1. The van der Waals surface area contributed by atoms with E-state index in [-0.39, 0.29) is 29.1 Å². The third kappa shape index (κ3) is 2.51. The minimum Gasteiger partial charge on any atom is -0.466 e. The normalized spacial score (nSPS) is 35.7. The molecule has 3 fully saturated rings. The summed E-state index contributed by atoms with van der Waals surface area (Å²) in [6, 6.07) is 5.35. The Labute approximate surface area is 152 Å². The first-order valence-corrected chi connectivity index (χ1v) is 9.31. The Morgan fingerprint density at radius 2 is 2.20 bits per heavy atom. The van der Waals surface area contributed by atoms with E-state index in [2.05, 4.69) is 17.6 Å². The molecule has 1 aromatic carbocycles. The molecule has 4 aliphatic rings. The smallest absolute Gasteiger partial charge is 0.309 e. The van der Waals surface area contributed by atoms with Crippen molar-refractivity contribution in [2.75, 3.05) is 11.9 Å². The minimum atomic E-state index is -0.492. The molecule has 3 aliphatic carbocycles. The molecule has 0 aromatic heterocycles. The lowest BCUT2D eigenvalue weighted by molar-refractivity contribution is -0.163. The molecule has 25 heavy (non-hydrogen) atoms. The molecule has 0 radical (unpaired) electrons. The number of rotatable bonds is 2. The minimum absolute atomic E-state index is 0.0952. The van der Waals surface area contributed by atoms with Crippen molar-refractivity contribution < 1.29 is 14.3 Å². The fourth-order valence-corrected chi connectivity index (χ4v) is 5.25. The van der Waals surface area contributed by atoms with Gasteiger partial charge in [0.25, 0.3) is 5.91 Å². The van der Waals surface area contributed by atoms with Crippen molar-refractivity contribution in [1.29, 1.82) is 0 Å². The van der Waals surface area contributed by atoms with Crippen molar-refractivity contribution in [3.8, 4) is 0 Å². The monoisotopic (exact) mass is 362 g/mol. The first-order chi connectivity index (χ1) is 11.9. The second-order valence-electron chi connectivity index (χ2n) is 7.85. The van der Waals surface area contributed by atoms with Gasteiger partial charge in [-0.1, -0.05) is 18.5 Å². The lowest BCUT2D eigenvalue weighted by atomic mass is 9.51. The summed E-state index contributed by atoms with van der Waals surface area (Å²) in [5, 5.41) is 7.33. The standard InChI is InChI=1S/C19H23ClN2O3/c1-3-25-17(24)14-8-11-6-7-18(14,2)10-19(11)21-15-5-4-12(20)9-13(15)16(23)22-19/h4-5,9,11,14,21H,3,6-8,10H2,1-2H3,(H,22,23)/t11-,14+,18-,19+/m1/s1. The van der Waals surface area contributed by atoms with E-state index >= 15 is 0 Å². The average molecular weight is 363 g/mol. The zero-order valence-electron chi connectivity index (χ0n) is 14.5. The molecule has 6 heteroatoms. The molecule has 4 atom stereocenters. The van der Waals surface area contributed by atoms with Crippen molar-refractivity contribution in [2.45, 2.75) is 45.2 Å². The SMILES string of the molecule is CCOC(=O)[C@@H]1C[C@H]2CC[C@]1(C)C[C@]21NC(=O)c2cc(Cl)ccc2N1. The Morgan fingerprint density at radius 1 is 1.40 bits per heavy atom. The molecule has 3 saturated carbocycles. The summed E-state index contributed by atoms with van der Waals surface area (Å²) in [7, 11) is 0. The van der Waals surface area contributed by atoms with Crippen molar-refractivity contribution in [1.82, 2.24) is 5.32 Å². The second-order valence-corrected chi connectivity index (χ2v) is 8.28. The molecular formula is C19H23ClN2O3. The highest BCUT2D eigenvalue weighted by molar-refractivity contribution is 6.31. The van der Waals surface area contributed by atoms with Gasteiger partial charge in [0.05, 0.1) is 18.1 Å². The number of hydrogen-bond donors (Lipinski definition) is 2. The topological polar surface area (TPSA) is 67.4 Å². The second kappa shape index (κ2) is 5.63. The first-order valence-electron chi connectivity index (χ1n) is 8.94. The van der Waals surface area contributed by atoms with E-state index in [0.717, 1.165) is 31.4 Å². The predicted octanol–water partition coefficient (Wildman–Crippen LogP) is 3.58. The summed E-state index contributed by atoms with van der Waals surface area (Å²) >= 11 is 6.03. The molecule has 134 valence electrons. The summed E-state index contributed by atoms with van der Waals surface area (Å²) in [4.78, 5) is 25.1. The molecule has 0 saturated heterocycles. The maximum absolute atomic E-state index is 12.7. The van der Waals surface area contributed by atoms with Gasteiger partial charge < -0.3 is 15.4 Å². The van der Waals surface area contributed by atoms with Crippen LogP contribution in [0, 0.1) is 17.3 Å². The summed E-state index contributed by atoms with van der Waals surface area (Å²) in [5.41, 5.74) is 0.725. The number of anilines is 1.